The Kier molecular flexibility index (Phi) is 30.1. The van der Waals surface area contributed by atoms with Crippen molar-refractivity contribution in [1.82, 2.24) is 5.32 Å². The molecule has 40 heavy (non-hydrogen) atoms. The van der Waals surface area contributed by atoms with Crippen molar-refractivity contribution in [2.24, 2.45) is 11.7 Å². The number of nitrogens with two attached hydrogens (primary N) is 1. The van der Waals surface area contributed by atoms with Crippen molar-refractivity contribution in [2.75, 3.05) is 0 Å². The molecular formula is C36H72N2O2. The standard InChI is InChI=1S/C36H72N2O2/c1-4-6-8-10-12-14-16-18-19-20-22-24-26-28-30-32-35(39)38-33(3)34(36(37)40)31-29-27-25-23-21-17-15-13-11-9-7-5-2/h33-34H,4-32H2,1-3H3,(H2,37,40)(H,38,39). The SMILES string of the molecule is CCCCCCCCCCCCCCCCCC(=O)NC(C)C(CCCCCCCCCCCCCC)C(N)=O. The Hall–Kier alpha value is -1.06. The maximum atomic E-state index is 12.4. The van der Waals surface area contributed by atoms with E-state index in [4.69, 9.17) is 5.73 Å². The second-order valence-corrected chi connectivity index (χ2v) is 12.7. The van der Waals surface area contributed by atoms with Gasteiger partial charge in [0.1, 0.15) is 0 Å². The van der Waals surface area contributed by atoms with E-state index in [9.17, 15) is 9.59 Å². The van der Waals surface area contributed by atoms with Crippen LogP contribution in [0.4, 0.5) is 0 Å². The van der Waals surface area contributed by atoms with Gasteiger partial charge in [0.05, 0.1) is 5.92 Å². The van der Waals surface area contributed by atoms with Crippen LogP contribution in [0.1, 0.15) is 207 Å². The van der Waals surface area contributed by atoms with E-state index in [2.05, 4.69) is 19.2 Å². The Balaban J connectivity index is 3.66. The quantitative estimate of drug-likeness (QED) is 0.0797. The molecule has 0 aromatic rings. The molecule has 2 atom stereocenters. The number of hydrogen-bond acceptors (Lipinski definition) is 2. The van der Waals surface area contributed by atoms with E-state index in [1.54, 1.807) is 0 Å². The third kappa shape index (κ3) is 27.1. The number of primary amides is 1. The first-order valence-electron chi connectivity index (χ1n) is 18.1. The largest absolute Gasteiger partial charge is 0.369 e. The molecule has 0 aliphatic rings. The summed E-state index contributed by atoms with van der Waals surface area (Å²) in [6, 6.07) is -0.172. The summed E-state index contributed by atoms with van der Waals surface area (Å²) in [6.45, 7) is 6.49. The first kappa shape index (κ1) is 38.9. The predicted octanol–water partition coefficient (Wildman–Crippen LogP) is 10.9. The minimum atomic E-state index is -0.275. The number of carbonyl (C=O) groups excluding carboxylic acids is 2. The van der Waals surface area contributed by atoms with Crippen molar-refractivity contribution in [3.63, 3.8) is 0 Å². The van der Waals surface area contributed by atoms with E-state index in [1.165, 1.54) is 148 Å². The molecule has 0 saturated carbocycles. The molecule has 0 aliphatic heterocycles. The summed E-state index contributed by atoms with van der Waals surface area (Å²) >= 11 is 0. The van der Waals surface area contributed by atoms with Crippen molar-refractivity contribution in [2.45, 2.75) is 213 Å². The zero-order chi connectivity index (χ0) is 29.5. The van der Waals surface area contributed by atoms with Crippen LogP contribution >= 0.6 is 0 Å². The molecule has 2 unspecified atom stereocenters. The van der Waals surface area contributed by atoms with Gasteiger partial charge in [0, 0.05) is 12.5 Å². The summed E-state index contributed by atoms with van der Waals surface area (Å²) in [5.74, 6) is -0.459. The lowest BCUT2D eigenvalue weighted by atomic mass is 9.93. The fourth-order valence-electron chi connectivity index (χ4n) is 5.93. The van der Waals surface area contributed by atoms with Crippen molar-refractivity contribution >= 4 is 11.8 Å². The lowest BCUT2D eigenvalue weighted by Gasteiger charge is -2.22. The smallest absolute Gasteiger partial charge is 0.222 e. The molecule has 2 amide bonds. The van der Waals surface area contributed by atoms with E-state index in [0.29, 0.717) is 6.42 Å². The Morgan fingerprint density at radius 3 is 1.12 bits per heavy atom. The highest BCUT2D eigenvalue weighted by molar-refractivity contribution is 5.80. The molecule has 0 rings (SSSR count). The summed E-state index contributed by atoms with van der Waals surface area (Å²) < 4.78 is 0. The normalized spacial score (nSPS) is 12.9. The molecule has 0 fully saturated rings. The maximum Gasteiger partial charge on any atom is 0.222 e. The van der Waals surface area contributed by atoms with E-state index in [1.807, 2.05) is 6.92 Å². The highest BCUT2D eigenvalue weighted by atomic mass is 16.2. The molecule has 3 N–H and O–H groups in total. The molecular weight excluding hydrogens is 492 g/mol. The summed E-state index contributed by atoms with van der Waals surface area (Å²) in [6.07, 6.45) is 36.9. The van der Waals surface area contributed by atoms with Crippen LogP contribution in [0.15, 0.2) is 0 Å². The summed E-state index contributed by atoms with van der Waals surface area (Å²) in [5.41, 5.74) is 5.70. The van der Waals surface area contributed by atoms with Gasteiger partial charge in [0.15, 0.2) is 0 Å². The van der Waals surface area contributed by atoms with E-state index in [-0.39, 0.29) is 23.8 Å². The van der Waals surface area contributed by atoms with Crippen molar-refractivity contribution in [3.05, 3.63) is 0 Å². The number of carbonyl (C=O) groups is 2. The van der Waals surface area contributed by atoms with Gasteiger partial charge in [-0.3, -0.25) is 9.59 Å². The third-order valence-electron chi connectivity index (χ3n) is 8.73. The van der Waals surface area contributed by atoms with Gasteiger partial charge in [-0.1, -0.05) is 181 Å². The monoisotopic (exact) mass is 565 g/mol. The minimum absolute atomic E-state index is 0.0724. The van der Waals surface area contributed by atoms with Gasteiger partial charge in [0.25, 0.3) is 0 Å². The first-order valence-corrected chi connectivity index (χ1v) is 18.1. The molecule has 0 heterocycles. The lowest BCUT2D eigenvalue weighted by Crippen LogP contribution is -2.43. The Morgan fingerprint density at radius 1 is 0.500 bits per heavy atom. The van der Waals surface area contributed by atoms with E-state index in [0.717, 1.165) is 32.1 Å². The topological polar surface area (TPSA) is 72.2 Å². The van der Waals surface area contributed by atoms with Crippen LogP contribution in [-0.4, -0.2) is 17.9 Å². The predicted molar refractivity (Wildman–Crippen MR) is 176 cm³/mol. The highest BCUT2D eigenvalue weighted by Crippen LogP contribution is 2.18. The van der Waals surface area contributed by atoms with Gasteiger partial charge in [-0.25, -0.2) is 0 Å². The first-order chi connectivity index (χ1) is 19.5. The molecule has 0 aliphatic carbocycles. The van der Waals surface area contributed by atoms with Crippen molar-refractivity contribution < 1.29 is 9.59 Å². The Labute approximate surface area is 251 Å². The summed E-state index contributed by atoms with van der Waals surface area (Å²) in [5, 5.41) is 3.06. The molecule has 0 bridgehead atoms. The maximum absolute atomic E-state index is 12.4. The number of hydrogen-bond donors (Lipinski definition) is 2. The lowest BCUT2D eigenvalue weighted by molar-refractivity contribution is -0.125. The van der Waals surface area contributed by atoms with E-state index < -0.39 is 0 Å². The molecule has 0 aromatic heterocycles. The molecule has 0 aromatic carbocycles. The number of amides is 2. The van der Waals surface area contributed by atoms with Crippen LogP contribution in [0.5, 0.6) is 0 Å². The molecule has 0 saturated heterocycles. The molecule has 0 spiro atoms. The highest BCUT2D eigenvalue weighted by Gasteiger charge is 2.23. The Bertz CT molecular complexity index is 551. The van der Waals surface area contributed by atoms with Gasteiger partial charge < -0.3 is 11.1 Å². The van der Waals surface area contributed by atoms with Gasteiger partial charge in [0.2, 0.25) is 11.8 Å². The molecule has 0 radical (unpaired) electrons. The van der Waals surface area contributed by atoms with Crippen LogP contribution in [-0.2, 0) is 9.59 Å². The number of nitrogens with one attached hydrogen (secondary N) is 1. The Morgan fingerprint density at radius 2 is 0.800 bits per heavy atom. The van der Waals surface area contributed by atoms with Crippen LogP contribution in [0.2, 0.25) is 0 Å². The van der Waals surface area contributed by atoms with Crippen molar-refractivity contribution in [1.29, 1.82) is 0 Å². The zero-order valence-electron chi connectivity index (χ0n) is 27.6. The zero-order valence-corrected chi connectivity index (χ0v) is 27.6. The molecule has 4 heteroatoms. The van der Waals surface area contributed by atoms with Gasteiger partial charge in [-0.2, -0.15) is 0 Å². The van der Waals surface area contributed by atoms with Crippen LogP contribution in [0, 0.1) is 5.92 Å². The van der Waals surface area contributed by atoms with E-state index >= 15 is 0 Å². The summed E-state index contributed by atoms with van der Waals surface area (Å²) in [4.78, 5) is 24.5. The van der Waals surface area contributed by atoms with Crippen LogP contribution in [0.25, 0.3) is 0 Å². The fraction of sp³-hybridized carbons (Fsp3) is 0.944. The van der Waals surface area contributed by atoms with Crippen molar-refractivity contribution in [3.8, 4) is 0 Å². The molecule has 238 valence electrons. The average molecular weight is 565 g/mol. The second kappa shape index (κ2) is 30.9. The number of rotatable bonds is 32. The molecule has 4 nitrogen and oxygen atoms in total. The average Bonchev–Trinajstić information content (AvgIpc) is 2.93. The minimum Gasteiger partial charge on any atom is -0.369 e. The second-order valence-electron chi connectivity index (χ2n) is 12.7. The van der Waals surface area contributed by atoms with Crippen LogP contribution < -0.4 is 11.1 Å². The fourth-order valence-corrected chi connectivity index (χ4v) is 5.93. The van der Waals surface area contributed by atoms with Crippen LogP contribution in [0.3, 0.4) is 0 Å². The summed E-state index contributed by atoms with van der Waals surface area (Å²) in [7, 11) is 0. The van der Waals surface area contributed by atoms with Gasteiger partial charge >= 0.3 is 0 Å². The number of unbranched alkanes of at least 4 members (excludes halogenated alkanes) is 25. The van der Waals surface area contributed by atoms with Gasteiger partial charge in [-0.05, 0) is 19.8 Å². The third-order valence-corrected chi connectivity index (χ3v) is 8.73. The van der Waals surface area contributed by atoms with Gasteiger partial charge in [-0.15, -0.1) is 0 Å².